The van der Waals surface area contributed by atoms with Gasteiger partial charge in [-0.1, -0.05) is 65.8 Å². The summed E-state index contributed by atoms with van der Waals surface area (Å²) in [5.41, 5.74) is 6.33. The monoisotopic (exact) mass is 522 g/mol. The van der Waals surface area contributed by atoms with E-state index in [2.05, 4.69) is 123 Å². The summed E-state index contributed by atoms with van der Waals surface area (Å²) >= 11 is 3.70. The molecule has 0 saturated carbocycles. The van der Waals surface area contributed by atoms with Gasteiger partial charge in [0.2, 0.25) is 0 Å². The van der Waals surface area contributed by atoms with Gasteiger partial charge in [-0.25, -0.2) is 0 Å². The van der Waals surface area contributed by atoms with E-state index >= 15 is 0 Å². The fraction of sp³-hybridized carbons (Fsp3) is 0.400. The number of anilines is 4. The van der Waals surface area contributed by atoms with Crippen LogP contribution in [0.4, 0.5) is 22.7 Å². The third-order valence-electron chi connectivity index (χ3n) is 6.04. The Morgan fingerprint density at radius 3 is 1.29 bits per heavy atom. The van der Waals surface area contributed by atoms with E-state index in [1.165, 1.54) is 16.2 Å². The average Bonchev–Trinajstić information content (AvgIpc) is 2.72. The van der Waals surface area contributed by atoms with E-state index in [4.69, 9.17) is 0 Å². The molecule has 1 N–H and O–H groups in total. The summed E-state index contributed by atoms with van der Waals surface area (Å²) in [6.45, 7) is 19.3. The zero-order valence-corrected chi connectivity index (χ0v) is 23.7. The molecule has 0 atom stereocenters. The predicted octanol–water partition coefficient (Wildman–Crippen LogP) is 9.51. The first-order valence-corrected chi connectivity index (χ1v) is 12.7. The molecular weight excluding hydrogens is 484 g/mol. The molecule has 0 saturated heterocycles. The number of hydrogen-bond donors (Lipinski definition) is 1. The lowest BCUT2D eigenvalue weighted by atomic mass is 9.86. The standard InChI is InChI=1S/C30H39BrN2O/c1-28(2,3)21-10-14-23(15-11-21)32(24-16-12-22(13-17-24)29(4,5)6)25-18-19-27(26(31)20-25)33(34)30(7,8)9/h10-20,34H,1-9H3. The minimum absolute atomic E-state index is 0.0972. The lowest BCUT2D eigenvalue weighted by Crippen LogP contribution is -2.38. The Labute approximate surface area is 214 Å². The second-order valence-electron chi connectivity index (χ2n) is 12.0. The summed E-state index contributed by atoms with van der Waals surface area (Å²) in [4.78, 5) is 2.26. The number of rotatable bonds is 4. The van der Waals surface area contributed by atoms with Crippen LogP contribution in [0.15, 0.2) is 71.2 Å². The topological polar surface area (TPSA) is 26.7 Å². The molecule has 0 aliphatic heterocycles. The molecule has 3 rings (SSSR count). The molecule has 182 valence electrons. The highest BCUT2D eigenvalue weighted by Crippen LogP contribution is 2.40. The predicted molar refractivity (Wildman–Crippen MR) is 150 cm³/mol. The highest BCUT2D eigenvalue weighted by Gasteiger charge is 2.23. The van der Waals surface area contributed by atoms with E-state index in [1.807, 2.05) is 26.8 Å². The van der Waals surface area contributed by atoms with Crippen LogP contribution in [0, 0.1) is 0 Å². The van der Waals surface area contributed by atoms with E-state index in [1.54, 1.807) is 0 Å². The quantitative estimate of drug-likeness (QED) is 0.345. The van der Waals surface area contributed by atoms with Gasteiger partial charge in [0.25, 0.3) is 0 Å². The molecule has 0 aromatic heterocycles. The molecule has 34 heavy (non-hydrogen) atoms. The van der Waals surface area contributed by atoms with Crippen molar-refractivity contribution in [2.75, 3.05) is 9.96 Å². The lowest BCUT2D eigenvalue weighted by Gasteiger charge is -2.33. The Bertz CT molecular complexity index is 1060. The molecule has 3 nitrogen and oxygen atoms in total. The third kappa shape index (κ3) is 5.84. The van der Waals surface area contributed by atoms with Gasteiger partial charge in [0.15, 0.2) is 0 Å². The second-order valence-corrected chi connectivity index (χ2v) is 12.9. The lowest BCUT2D eigenvalue weighted by molar-refractivity contribution is 0.180. The van der Waals surface area contributed by atoms with E-state index in [-0.39, 0.29) is 10.8 Å². The van der Waals surface area contributed by atoms with Crippen molar-refractivity contribution in [2.24, 2.45) is 0 Å². The second kappa shape index (κ2) is 9.39. The molecule has 0 spiro atoms. The van der Waals surface area contributed by atoms with Crippen LogP contribution in [0.1, 0.15) is 73.4 Å². The molecule has 0 fully saturated rings. The highest BCUT2D eigenvalue weighted by atomic mass is 79.9. The van der Waals surface area contributed by atoms with E-state index in [9.17, 15) is 5.21 Å². The third-order valence-corrected chi connectivity index (χ3v) is 6.67. The van der Waals surface area contributed by atoms with Crippen molar-refractivity contribution < 1.29 is 5.21 Å². The van der Waals surface area contributed by atoms with Crippen LogP contribution in [0.25, 0.3) is 0 Å². The maximum Gasteiger partial charge on any atom is 0.0783 e. The van der Waals surface area contributed by atoms with Gasteiger partial charge in [-0.3, -0.25) is 10.3 Å². The first kappa shape index (κ1) is 26.3. The smallest absolute Gasteiger partial charge is 0.0783 e. The molecular formula is C30H39BrN2O. The first-order chi connectivity index (χ1) is 15.6. The van der Waals surface area contributed by atoms with Gasteiger partial charge in [-0.15, -0.1) is 0 Å². The first-order valence-electron chi connectivity index (χ1n) is 11.9. The summed E-state index contributed by atoms with van der Waals surface area (Å²) in [7, 11) is 0. The Morgan fingerprint density at radius 2 is 0.971 bits per heavy atom. The van der Waals surface area contributed by atoms with Crippen LogP contribution in [-0.4, -0.2) is 10.7 Å². The number of halogens is 1. The van der Waals surface area contributed by atoms with Crippen LogP contribution in [-0.2, 0) is 10.8 Å². The molecule has 0 radical (unpaired) electrons. The van der Waals surface area contributed by atoms with Crippen LogP contribution in [0.5, 0.6) is 0 Å². The summed E-state index contributed by atoms with van der Waals surface area (Å²) in [5.74, 6) is 0. The van der Waals surface area contributed by atoms with Crippen LogP contribution >= 0.6 is 15.9 Å². The van der Waals surface area contributed by atoms with Gasteiger partial charge in [-0.05, 0) is 101 Å². The van der Waals surface area contributed by atoms with Crippen molar-refractivity contribution in [3.8, 4) is 0 Å². The maximum atomic E-state index is 10.7. The van der Waals surface area contributed by atoms with E-state index in [0.717, 1.165) is 27.2 Å². The minimum atomic E-state index is -0.407. The average molecular weight is 524 g/mol. The van der Waals surface area contributed by atoms with Crippen molar-refractivity contribution >= 4 is 38.7 Å². The molecule has 0 heterocycles. The summed E-state index contributed by atoms with van der Waals surface area (Å²) in [6, 6.07) is 23.7. The normalized spacial score (nSPS) is 12.6. The van der Waals surface area contributed by atoms with Crippen molar-refractivity contribution in [1.29, 1.82) is 0 Å². The van der Waals surface area contributed by atoms with E-state index < -0.39 is 5.54 Å². The molecule has 0 unspecified atom stereocenters. The Hall–Kier alpha value is -2.30. The number of nitrogens with zero attached hydrogens (tertiary/aromatic N) is 2. The van der Waals surface area contributed by atoms with Crippen molar-refractivity contribution in [3.05, 3.63) is 82.3 Å². The van der Waals surface area contributed by atoms with Crippen molar-refractivity contribution in [1.82, 2.24) is 0 Å². The number of hydrogen-bond acceptors (Lipinski definition) is 3. The molecule has 4 heteroatoms. The molecule has 0 amide bonds. The summed E-state index contributed by atoms with van der Waals surface area (Å²) in [6.07, 6.45) is 0. The van der Waals surface area contributed by atoms with Crippen LogP contribution in [0.3, 0.4) is 0 Å². The summed E-state index contributed by atoms with van der Waals surface area (Å²) < 4.78 is 0.838. The molecule has 0 aliphatic carbocycles. The SMILES string of the molecule is CC(C)(C)c1ccc(N(c2ccc(C(C)(C)C)cc2)c2ccc(N(O)C(C)(C)C)c(Br)c2)cc1. The zero-order chi connectivity index (χ0) is 25.5. The van der Waals surface area contributed by atoms with Crippen LogP contribution < -0.4 is 9.96 Å². The molecule has 3 aromatic rings. The van der Waals surface area contributed by atoms with Gasteiger partial charge in [-0.2, -0.15) is 0 Å². The van der Waals surface area contributed by atoms with Gasteiger partial charge < -0.3 is 4.90 Å². The van der Waals surface area contributed by atoms with Gasteiger partial charge in [0, 0.05) is 21.5 Å². The van der Waals surface area contributed by atoms with Crippen molar-refractivity contribution in [2.45, 2.75) is 78.7 Å². The Balaban J connectivity index is 2.11. The minimum Gasteiger partial charge on any atom is -0.310 e. The number of hydroxylamine groups is 1. The largest absolute Gasteiger partial charge is 0.310 e. The zero-order valence-electron chi connectivity index (χ0n) is 22.1. The van der Waals surface area contributed by atoms with Gasteiger partial charge >= 0.3 is 0 Å². The summed E-state index contributed by atoms with van der Waals surface area (Å²) in [5, 5.41) is 12.0. The molecule has 0 bridgehead atoms. The van der Waals surface area contributed by atoms with Gasteiger partial charge in [0.05, 0.1) is 11.2 Å². The Morgan fingerprint density at radius 1 is 0.588 bits per heavy atom. The Kier molecular flexibility index (Phi) is 7.27. The number of benzene rings is 3. The van der Waals surface area contributed by atoms with E-state index in [0.29, 0.717) is 0 Å². The molecule has 0 aliphatic rings. The highest BCUT2D eigenvalue weighted by molar-refractivity contribution is 9.10. The molecule has 3 aromatic carbocycles. The van der Waals surface area contributed by atoms with Gasteiger partial charge in [0.1, 0.15) is 0 Å². The maximum absolute atomic E-state index is 10.7. The van der Waals surface area contributed by atoms with Crippen molar-refractivity contribution in [3.63, 3.8) is 0 Å². The van der Waals surface area contributed by atoms with Crippen LogP contribution in [0.2, 0.25) is 0 Å². The fourth-order valence-electron chi connectivity index (χ4n) is 3.84. The fourth-order valence-corrected chi connectivity index (χ4v) is 4.37.